The van der Waals surface area contributed by atoms with Gasteiger partial charge in [0.2, 0.25) is 16.0 Å². The van der Waals surface area contributed by atoms with E-state index in [1.165, 1.54) is 43.7 Å². The van der Waals surface area contributed by atoms with E-state index in [0.29, 0.717) is 37.0 Å². The Bertz CT molecular complexity index is 1530. The number of rotatable bonds is 6. The summed E-state index contributed by atoms with van der Waals surface area (Å²) in [7, 11) is -2.37. The molecule has 0 fully saturated rings. The lowest BCUT2D eigenvalue weighted by Crippen LogP contribution is -2.39. The second-order valence-electron chi connectivity index (χ2n) is 9.86. The summed E-state index contributed by atoms with van der Waals surface area (Å²) in [5.74, 6) is -0.633. The molecule has 214 valence electrons. The molecular formula is C25H28F3N7O4S. The predicted molar refractivity (Wildman–Crippen MR) is 141 cm³/mol. The minimum Gasteiger partial charge on any atom is -0.444 e. The molecule has 2 aromatic heterocycles. The van der Waals surface area contributed by atoms with Crippen molar-refractivity contribution in [2.45, 2.75) is 43.9 Å². The highest BCUT2D eigenvalue weighted by Gasteiger charge is 2.36. The third-order valence-corrected chi connectivity index (χ3v) is 7.22. The van der Waals surface area contributed by atoms with Gasteiger partial charge < -0.3 is 15.0 Å². The van der Waals surface area contributed by atoms with Crippen LogP contribution in [0.2, 0.25) is 0 Å². The number of sulfonamides is 1. The number of carbonyl (C=O) groups is 1. The highest BCUT2D eigenvalue weighted by molar-refractivity contribution is 7.89. The van der Waals surface area contributed by atoms with E-state index in [1.54, 1.807) is 25.7 Å². The van der Waals surface area contributed by atoms with Gasteiger partial charge in [-0.3, -0.25) is 0 Å². The van der Waals surface area contributed by atoms with Gasteiger partial charge in [0.05, 0.1) is 11.1 Å². The van der Waals surface area contributed by atoms with Crippen molar-refractivity contribution in [2.24, 2.45) is 0 Å². The number of hydrogen-bond acceptors (Lipinski definition) is 8. The maximum absolute atomic E-state index is 13.8. The number of ether oxygens (including phenoxy) is 1. The van der Waals surface area contributed by atoms with Gasteiger partial charge in [0.1, 0.15) is 11.2 Å². The SMILES string of the molecule is CNS(=O)(=O)c1ccc(Nc2ncc(C(F)(F)F)c(-n3cc(C4=CCN(C(=O)OC(C)(C)C)CC4)cn3)n2)cc1. The average Bonchev–Trinajstić information content (AvgIpc) is 3.38. The lowest BCUT2D eigenvalue weighted by Gasteiger charge is -2.29. The molecule has 0 spiro atoms. The van der Waals surface area contributed by atoms with Crippen LogP contribution in [0.3, 0.4) is 0 Å². The van der Waals surface area contributed by atoms with Crippen molar-refractivity contribution >= 4 is 33.3 Å². The van der Waals surface area contributed by atoms with E-state index in [1.807, 2.05) is 6.08 Å². The van der Waals surface area contributed by atoms with Crippen LogP contribution in [0, 0.1) is 0 Å². The fraction of sp³-hybridized carbons (Fsp3) is 0.360. The first-order valence-corrected chi connectivity index (χ1v) is 13.6. The van der Waals surface area contributed by atoms with Crippen molar-refractivity contribution in [1.82, 2.24) is 29.4 Å². The van der Waals surface area contributed by atoms with Gasteiger partial charge in [-0.2, -0.15) is 23.3 Å². The van der Waals surface area contributed by atoms with Crippen molar-refractivity contribution in [3.8, 4) is 5.82 Å². The van der Waals surface area contributed by atoms with Crippen LogP contribution in [0.25, 0.3) is 11.4 Å². The van der Waals surface area contributed by atoms with Gasteiger partial charge in [0.25, 0.3) is 0 Å². The molecule has 1 aliphatic rings. The summed E-state index contributed by atoms with van der Waals surface area (Å²) < 4.78 is 73.9. The van der Waals surface area contributed by atoms with Gasteiger partial charge in [-0.05, 0) is 64.1 Å². The summed E-state index contributed by atoms with van der Waals surface area (Å²) in [4.78, 5) is 21.7. The van der Waals surface area contributed by atoms with Crippen LogP contribution in [0.15, 0.2) is 53.8 Å². The van der Waals surface area contributed by atoms with E-state index < -0.39 is 39.3 Å². The summed E-state index contributed by atoms with van der Waals surface area (Å²) in [6.45, 7) is 6.01. The molecule has 4 rings (SSSR count). The molecule has 0 aliphatic carbocycles. The molecule has 3 heterocycles. The molecule has 1 aliphatic heterocycles. The average molecular weight is 580 g/mol. The van der Waals surface area contributed by atoms with Crippen molar-refractivity contribution in [3.05, 3.63) is 60.1 Å². The number of nitrogens with one attached hydrogen (secondary N) is 2. The number of aromatic nitrogens is 4. The number of hydrogen-bond donors (Lipinski definition) is 2. The van der Waals surface area contributed by atoms with E-state index in [-0.39, 0.29) is 10.8 Å². The first-order chi connectivity index (χ1) is 18.7. The zero-order valence-corrected chi connectivity index (χ0v) is 23.0. The van der Waals surface area contributed by atoms with Crippen molar-refractivity contribution in [1.29, 1.82) is 0 Å². The zero-order chi connectivity index (χ0) is 29.3. The maximum atomic E-state index is 13.8. The molecule has 0 saturated carbocycles. The van der Waals surface area contributed by atoms with Gasteiger partial charge in [-0.25, -0.2) is 27.6 Å². The fourth-order valence-corrected chi connectivity index (χ4v) is 4.53. The highest BCUT2D eigenvalue weighted by atomic mass is 32.2. The van der Waals surface area contributed by atoms with Gasteiger partial charge in [0.15, 0.2) is 5.82 Å². The van der Waals surface area contributed by atoms with E-state index >= 15 is 0 Å². The molecule has 0 atom stereocenters. The Labute approximate surface area is 229 Å². The number of carbonyl (C=O) groups excluding carboxylic acids is 1. The Kier molecular flexibility index (Phi) is 7.90. The molecule has 2 N–H and O–H groups in total. The van der Waals surface area contributed by atoms with E-state index in [0.717, 1.165) is 10.3 Å². The minimum atomic E-state index is -4.75. The monoisotopic (exact) mass is 579 g/mol. The quantitative estimate of drug-likeness (QED) is 0.441. The number of anilines is 2. The molecule has 1 amide bonds. The van der Waals surface area contributed by atoms with E-state index in [9.17, 15) is 26.4 Å². The smallest absolute Gasteiger partial charge is 0.421 e. The Hall–Kier alpha value is -3.98. The molecule has 1 aromatic carbocycles. The Morgan fingerprint density at radius 3 is 2.38 bits per heavy atom. The topological polar surface area (TPSA) is 131 Å². The first kappa shape index (κ1) is 29.0. The third kappa shape index (κ3) is 6.77. The molecular weight excluding hydrogens is 551 g/mol. The number of benzene rings is 1. The van der Waals surface area contributed by atoms with Gasteiger partial charge in [-0.15, -0.1) is 0 Å². The van der Waals surface area contributed by atoms with Crippen LogP contribution in [-0.4, -0.2) is 64.9 Å². The number of halogens is 3. The largest absolute Gasteiger partial charge is 0.444 e. The summed E-state index contributed by atoms with van der Waals surface area (Å²) in [5.41, 5.74) is 0.0658. The predicted octanol–water partition coefficient (Wildman–Crippen LogP) is 4.36. The van der Waals surface area contributed by atoms with Crippen LogP contribution in [0.4, 0.5) is 29.6 Å². The maximum Gasteiger partial charge on any atom is 0.421 e. The van der Waals surface area contributed by atoms with Crippen LogP contribution in [0.5, 0.6) is 0 Å². The summed E-state index contributed by atoms with van der Waals surface area (Å²) in [6.07, 6.45) is 0.620. The molecule has 15 heteroatoms. The van der Waals surface area contributed by atoms with Crippen molar-refractivity contribution in [2.75, 3.05) is 25.5 Å². The van der Waals surface area contributed by atoms with Crippen LogP contribution in [-0.2, 0) is 20.9 Å². The normalized spacial score (nSPS) is 14.6. The molecule has 40 heavy (non-hydrogen) atoms. The van der Waals surface area contributed by atoms with Crippen LogP contribution < -0.4 is 10.0 Å². The first-order valence-electron chi connectivity index (χ1n) is 12.1. The summed E-state index contributed by atoms with van der Waals surface area (Å²) in [5, 5.41) is 6.90. The van der Waals surface area contributed by atoms with Gasteiger partial charge in [0, 0.05) is 36.7 Å². The highest BCUT2D eigenvalue weighted by Crippen LogP contribution is 2.34. The standard InChI is InChI=1S/C25H28F3N7O4S/c1-24(2,3)39-23(36)34-11-9-16(10-12-34)17-13-31-35(15-17)21-20(25(26,27)28)14-30-22(33-21)32-18-5-7-19(8-6-18)40(37,38)29-4/h5-9,13-15,29H,10-12H2,1-4H3,(H,30,32,33). The van der Waals surface area contributed by atoms with E-state index in [4.69, 9.17) is 4.74 Å². The van der Waals surface area contributed by atoms with Crippen LogP contribution >= 0.6 is 0 Å². The molecule has 0 bridgehead atoms. The lowest BCUT2D eigenvalue weighted by molar-refractivity contribution is -0.138. The number of alkyl halides is 3. The Balaban J connectivity index is 1.57. The lowest BCUT2D eigenvalue weighted by atomic mass is 10.0. The van der Waals surface area contributed by atoms with E-state index in [2.05, 4.69) is 25.1 Å². The summed E-state index contributed by atoms with van der Waals surface area (Å²) >= 11 is 0. The fourth-order valence-electron chi connectivity index (χ4n) is 3.80. The molecule has 3 aromatic rings. The van der Waals surface area contributed by atoms with Gasteiger partial charge >= 0.3 is 12.3 Å². The number of nitrogens with zero attached hydrogens (tertiary/aromatic N) is 5. The van der Waals surface area contributed by atoms with Crippen molar-refractivity contribution in [3.63, 3.8) is 0 Å². The second-order valence-corrected chi connectivity index (χ2v) is 11.8. The Morgan fingerprint density at radius 1 is 1.10 bits per heavy atom. The third-order valence-electron chi connectivity index (χ3n) is 5.79. The second kappa shape index (κ2) is 10.9. The molecule has 11 nitrogen and oxygen atoms in total. The molecule has 0 unspecified atom stereocenters. The van der Waals surface area contributed by atoms with Gasteiger partial charge in [-0.1, -0.05) is 6.08 Å². The van der Waals surface area contributed by atoms with Crippen molar-refractivity contribution < 1.29 is 31.1 Å². The number of amides is 1. The molecule has 0 radical (unpaired) electrons. The minimum absolute atomic E-state index is 0.0184. The Morgan fingerprint density at radius 2 is 1.80 bits per heavy atom. The molecule has 0 saturated heterocycles. The summed E-state index contributed by atoms with van der Waals surface area (Å²) in [6, 6.07) is 5.54. The van der Waals surface area contributed by atoms with Crippen LogP contribution in [0.1, 0.15) is 38.3 Å². The zero-order valence-electron chi connectivity index (χ0n) is 22.2.